The van der Waals surface area contributed by atoms with Gasteiger partial charge in [0.05, 0.1) is 12.3 Å². The van der Waals surface area contributed by atoms with Gasteiger partial charge in [0, 0.05) is 11.1 Å². The molecule has 0 aliphatic carbocycles. The second-order valence-corrected chi connectivity index (χ2v) is 3.32. The number of hydrazine groups is 2. The molecule has 6 heteroatoms. The summed E-state index contributed by atoms with van der Waals surface area (Å²) in [5, 5.41) is 14.1. The van der Waals surface area contributed by atoms with E-state index in [2.05, 4.69) is 10.5 Å². The molecule has 2 rings (SSSR count). The predicted octanol–water partition coefficient (Wildman–Crippen LogP) is -0.644. The molecule has 6 N–H and O–H groups in total. The smallest absolute Gasteiger partial charge is 0.154 e. The molecule has 0 bridgehead atoms. The summed E-state index contributed by atoms with van der Waals surface area (Å²) >= 11 is 0. The monoisotopic (exact) mass is 219 g/mol. The molecule has 0 fully saturated rings. The fourth-order valence-electron chi connectivity index (χ4n) is 1.52. The maximum absolute atomic E-state index is 9.26. The lowest BCUT2D eigenvalue weighted by Gasteiger charge is -2.25. The lowest BCUT2D eigenvalue weighted by atomic mass is 10.1. The summed E-state index contributed by atoms with van der Waals surface area (Å²) in [7, 11) is 0. The molecular weight excluding hydrogens is 206 g/mol. The van der Waals surface area contributed by atoms with Crippen molar-refractivity contribution in [3.63, 3.8) is 0 Å². The lowest BCUT2D eigenvalue weighted by Crippen LogP contribution is -2.45. The Morgan fingerprint density at radius 2 is 2.00 bits per heavy atom. The molecular formula is C10H13N5O. The highest BCUT2D eigenvalue weighted by Crippen LogP contribution is 2.18. The van der Waals surface area contributed by atoms with E-state index in [4.69, 9.17) is 11.6 Å². The van der Waals surface area contributed by atoms with Crippen molar-refractivity contribution < 1.29 is 5.11 Å². The average molecular weight is 219 g/mol. The van der Waals surface area contributed by atoms with E-state index < -0.39 is 0 Å². The van der Waals surface area contributed by atoms with E-state index >= 15 is 0 Å². The molecule has 0 radical (unpaired) electrons. The Hall–Kier alpha value is -2.05. The first-order valence-electron chi connectivity index (χ1n) is 4.77. The Morgan fingerprint density at radius 1 is 1.31 bits per heavy atom. The molecule has 0 atom stereocenters. The molecule has 84 valence electrons. The Balaban J connectivity index is 2.48. The van der Waals surface area contributed by atoms with Crippen molar-refractivity contribution in [1.29, 1.82) is 0 Å². The van der Waals surface area contributed by atoms with Crippen LogP contribution >= 0.6 is 0 Å². The van der Waals surface area contributed by atoms with Gasteiger partial charge in [-0.2, -0.15) is 0 Å². The van der Waals surface area contributed by atoms with Crippen LogP contribution in [0.15, 0.2) is 41.0 Å². The molecule has 16 heavy (non-hydrogen) atoms. The van der Waals surface area contributed by atoms with Gasteiger partial charge in [0.1, 0.15) is 0 Å². The van der Waals surface area contributed by atoms with Crippen molar-refractivity contribution in [3.8, 4) is 0 Å². The lowest BCUT2D eigenvalue weighted by molar-refractivity contribution is 0.240. The first-order valence-corrected chi connectivity index (χ1v) is 4.77. The zero-order chi connectivity index (χ0) is 11.5. The molecule has 1 aliphatic heterocycles. The number of hydrogen-bond donors (Lipinski definition) is 4. The van der Waals surface area contributed by atoms with Crippen LogP contribution in [-0.4, -0.2) is 22.8 Å². The number of hydrogen-bond acceptors (Lipinski definition) is 6. The molecule has 0 saturated carbocycles. The number of nitrogens with one attached hydrogen (secondary N) is 1. The number of hydrazone groups is 1. The van der Waals surface area contributed by atoms with Crippen molar-refractivity contribution in [1.82, 2.24) is 10.7 Å². The minimum atomic E-state index is -0.194. The third-order valence-corrected chi connectivity index (χ3v) is 2.27. The molecule has 0 spiro atoms. The Morgan fingerprint density at radius 3 is 2.62 bits per heavy atom. The van der Waals surface area contributed by atoms with Crippen molar-refractivity contribution in [2.75, 3.05) is 6.61 Å². The fraction of sp³-hybridized carbons (Fsp3) is 0.100. The Labute approximate surface area is 92.8 Å². The van der Waals surface area contributed by atoms with Crippen LogP contribution in [0.3, 0.4) is 0 Å². The zero-order valence-corrected chi connectivity index (χ0v) is 8.59. The van der Waals surface area contributed by atoms with E-state index in [0.717, 1.165) is 10.8 Å². The van der Waals surface area contributed by atoms with Gasteiger partial charge in [-0.3, -0.25) is 5.43 Å². The van der Waals surface area contributed by atoms with Crippen molar-refractivity contribution >= 4 is 11.5 Å². The highest BCUT2D eigenvalue weighted by atomic mass is 16.3. The van der Waals surface area contributed by atoms with Crippen LogP contribution in [0.2, 0.25) is 0 Å². The minimum Gasteiger partial charge on any atom is -0.391 e. The second-order valence-electron chi connectivity index (χ2n) is 3.32. The summed E-state index contributed by atoms with van der Waals surface area (Å²) in [5.74, 6) is 5.72. The van der Waals surface area contributed by atoms with Crippen LogP contribution in [0, 0.1) is 0 Å². The summed E-state index contributed by atoms with van der Waals surface area (Å²) in [6.07, 6.45) is 0. The molecule has 0 saturated heterocycles. The molecule has 1 aliphatic rings. The van der Waals surface area contributed by atoms with E-state index in [1.54, 1.807) is 0 Å². The topological polar surface area (TPSA) is 99.9 Å². The molecule has 6 nitrogen and oxygen atoms in total. The minimum absolute atomic E-state index is 0.194. The van der Waals surface area contributed by atoms with E-state index in [9.17, 15) is 5.11 Å². The zero-order valence-electron chi connectivity index (χ0n) is 8.59. The largest absolute Gasteiger partial charge is 0.391 e. The van der Waals surface area contributed by atoms with E-state index in [1.165, 1.54) is 0 Å². The Kier molecular flexibility index (Phi) is 2.76. The summed E-state index contributed by atoms with van der Waals surface area (Å²) in [6.45, 7) is -0.194. The van der Waals surface area contributed by atoms with Gasteiger partial charge in [0.15, 0.2) is 5.84 Å². The summed E-state index contributed by atoms with van der Waals surface area (Å²) in [4.78, 5) is 0. The number of amidine groups is 1. The van der Waals surface area contributed by atoms with Gasteiger partial charge in [-0.1, -0.05) is 30.3 Å². The summed E-state index contributed by atoms with van der Waals surface area (Å²) in [5.41, 5.74) is 10.6. The third-order valence-electron chi connectivity index (χ3n) is 2.27. The molecule has 1 aromatic rings. The quantitative estimate of drug-likeness (QED) is 0.496. The van der Waals surface area contributed by atoms with Crippen molar-refractivity contribution in [2.45, 2.75) is 0 Å². The van der Waals surface area contributed by atoms with Crippen LogP contribution in [0.25, 0.3) is 5.70 Å². The van der Waals surface area contributed by atoms with Gasteiger partial charge < -0.3 is 10.8 Å². The SMILES string of the molecule is NC1=NN(N)NC(c2ccccc2)=C1CO. The second kappa shape index (κ2) is 4.21. The van der Waals surface area contributed by atoms with Crippen molar-refractivity contribution in [3.05, 3.63) is 41.5 Å². The van der Waals surface area contributed by atoms with Crippen LogP contribution in [0.5, 0.6) is 0 Å². The van der Waals surface area contributed by atoms with Crippen LogP contribution in [0.1, 0.15) is 5.56 Å². The van der Waals surface area contributed by atoms with Gasteiger partial charge in [-0.05, 0) is 0 Å². The molecule has 1 aromatic carbocycles. The van der Waals surface area contributed by atoms with Gasteiger partial charge in [0.25, 0.3) is 0 Å². The fourth-order valence-corrected chi connectivity index (χ4v) is 1.52. The molecule has 0 amide bonds. The van der Waals surface area contributed by atoms with Gasteiger partial charge in [-0.25, -0.2) is 5.84 Å². The number of nitrogens with two attached hydrogens (primary N) is 2. The number of aliphatic hydroxyl groups is 1. The standard InChI is InChI=1S/C10H13N5O/c11-10-8(6-16)9(13-15(12)14-10)7-4-2-1-3-5-7/h1-5,13,16H,6,12H2,(H2,11,14). The normalized spacial score (nSPS) is 15.9. The number of nitrogens with zero attached hydrogens (tertiary/aromatic N) is 2. The molecule has 0 aromatic heterocycles. The number of aliphatic hydroxyl groups excluding tert-OH is 1. The van der Waals surface area contributed by atoms with Gasteiger partial charge in [0.2, 0.25) is 0 Å². The van der Waals surface area contributed by atoms with E-state index in [1.807, 2.05) is 30.3 Å². The number of rotatable bonds is 2. The van der Waals surface area contributed by atoms with Crippen LogP contribution < -0.4 is 17.0 Å². The Bertz CT molecular complexity index is 440. The maximum atomic E-state index is 9.26. The average Bonchev–Trinajstić information content (AvgIpc) is 2.29. The number of benzene rings is 1. The predicted molar refractivity (Wildman–Crippen MR) is 61.2 cm³/mol. The first kappa shape index (κ1) is 10.5. The summed E-state index contributed by atoms with van der Waals surface area (Å²) < 4.78 is 0. The molecule has 0 unspecified atom stereocenters. The van der Waals surface area contributed by atoms with Crippen molar-refractivity contribution in [2.24, 2.45) is 16.7 Å². The highest BCUT2D eigenvalue weighted by molar-refractivity contribution is 6.04. The maximum Gasteiger partial charge on any atom is 0.154 e. The van der Waals surface area contributed by atoms with E-state index in [0.29, 0.717) is 11.3 Å². The highest BCUT2D eigenvalue weighted by Gasteiger charge is 2.18. The molecule has 1 heterocycles. The van der Waals surface area contributed by atoms with Crippen LogP contribution in [0.4, 0.5) is 0 Å². The van der Waals surface area contributed by atoms with Gasteiger partial charge in [-0.15, -0.1) is 10.3 Å². The van der Waals surface area contributed by atoms with Crippen LogP contribution in [-0.2, 0) is 0 Å². The summed E-state index contributed by atoms with van der Waals surface area (Å²) in [6, 6.07) is 9.47. The first-order chi connectivity index (χ1) is 7.72. The third kappa shape index (κ3) is 1.83. The van der Waals surface area contributed by atoms with E-state index in [-0.39, 0.29) is 12.4 Å². The van der Waals surface area contributed by atoms with Gasteiger partial charge >= 0.3 is 0 Å².